The predicted octanol–water partition coefficient (Wildman–Crippen LogP) is 2.35. The summed E-state index contributed by atoms with van der Waals surface area (Å²) in [6.07, 6.45) is 0.963. The van der Waals surface area contributed by atoms with Crippen LogP contribution in [-0.2, 0) is 11.3 Å². The fourth-order valence-corrected chi connectivity index (χ4v) is 1.82. The van der Waals surface area contributed by atoms with Crippen molar-refractivity contribution in [2.24, 2.45) is 0 Å². The van der Waals surface area contributed by atoms with Crippen molar-refractivity contribution < 1.29 is 13.9 Å². The van der Waals surface area contributed by atoms with Crippen LogP contribution in [-0.4, -0.2) is 31.9 Å². The molecule has 0 bridgehead atoms. The maximum absolute atomic E-state index is 5.66. The first-order valence-electron chi connectivity index (χ1n) is 6.38. The minimum Gasteiger partial charge on any atom is -0.497 e. The molecule has 0 saturated carbocycles. The van der Waals surface area contributed by atoms with Crippen molar-refractivity contribution in [2.45, 2.75) is 25.9 Å². The number of methoxy groups -OCH3 is 2. The second-order valence-electron chi connectivity index (χ2n) is 4.50. The summed E-state index contributed by atoms with van der Waals surface area (Å²) >= 11 is 0. The zero-order valence-electron chi connectivity index (χ0n) is 11.6. The summed E-state index contributed by atoms with van der Waals surface area (Å²) in [5, 5.41) is 3.36. The van der Waals surface area contributed by atoms with Gasteiger partial charge in [-0.15, -0.1) is 0 Å². The van der Waals surface area contributed by atoms with Gasteiger partial charge in [0.1, 0.15) is 11.3 Å². The van der Waals surface area contributed by atoms with Gasteiger partial charge in [-0.05, 0) is 25.5 Å². The Morgan fingerprint density at radius 3 is 2.95 bits per heavy atom. The van der Waals surface area contributed by atoms with Crippen molar-refractivity contribution >= 4 is 11.1 Å². The van der Waals surface area contributed by atoms with Gasteiger partial charge < -0.3 is 19.2 Å². The molecule has 0 spiro atoms. The lowest BCUT2D eigenvalue weighted by Gasteiger charge is -2.10. The number of nitrogens with zero attached hydrogens (tertiary/aromatic N) is 1. The van der Waals surface area contributed by atoms with Crippen LogP contribution in [0.5, 0.6) is 5.75 Å². The van der Waals surface area contributed by atoms with Crippen LogP contribution in [0.3, 0.4) is 0 Å². The molecule has 0 aliphatic rings. The minimum atomic E-state index is 0.365. The zero-order chi connectivity index (χ0) is 13.7. The lowest BCUT2D eigenvalue weighted by molar-refractivity contribution is 0.184. The quantitative estimate of drug-likeness (QED) is 0.832. The van der Waals surface area contributed by atoms with E-state index >= 15 is 0 Å². The van der Waals surface area contributed by atoms with Crippen LogP contribution >= 0.6 is 0 Å². The Morgan fingerprint density at radius 1 is 1.37 bits per heavy atom. The van der Waals surface area contributed by atoms with Gasteiger partial charge in [0.2, 0.25) is 5.89 Å². The number of fused-ring (bicyclic) bond motifs is 1. The Hall–Kier alpha value is -1.59. The number of hydrogen-bond acceptors (Lipinski definition) is 5. The van der Waals surface area contributed by atoms with Gasteiger partial charge in [-0.25, -0.2) is 4.98 Å². The molecule has 0 amide bonds. The molecule has 1 aromatic heterocycles. The van der Waals surface area contributed by atoms with E-state index in [1.54, 1.807) is 14.2 Å². The van der Waals surface area contributed by atoms with Gasteiger partial charge in [-0.1, -0.05) is 0 Å². The molecule has 0 radical (unpaired) electrons. The van der Waals surface area contributed by atoms with Gasteiger partial charge in [0, 0.05) is 25.8 Å². The first-order valence-corrected chi connectivity index (χ1v) is 6.38. The molecule has 2 aromatic rings. The van der Waals surface area contributed by atoms with E-state index in [-0.39, 0.29) is 0 Å². The van der Waals surface area contributed by atoms with Crippen LogP contribution in [0.15, 0.2) is 22.6 Å². The molecule has 1 aromatic carbocycles. The number of hydrogen-bond donors (Lipinski definition) is 1. The Balaban J connectivity index is 1.97. The Labute approximate surface area is 112 Å². The molecule has 0 saturated heterocycles. The van der Waals surface area contributed by atoms with Crippen LogP contribution in [0.4, 0.5) is 0 Å². The molecule has 1 N–H and O–H groups in total. The molecule has 0 fully saturated rings. The van der Waals surface area contributed by atoms with Crippen LogP contribution in [0, 0.1) is 0 Å². The molecule has 5 nitrogen and oxygen atoms in total. The highest BCUT2D eigenvalue weighted by Gasteiger charge is 2.08. The SMILES string of the molecule is COCC[C@H](C)NCc1nc2cc(OC)ccc2o1. The molecule has 2 rings (SSSR count). The second-order valence-corrected chi connectivity index (χ2v) is 4.50. The highest BCUT2D eigenvalue weighted by atomic mass is 16.5. The van der Waals surface area contributed by atoms with E-state index in [4.69, 9.17) is 13.9 Å². The van der Waals surface area contributed by atoms with Crippen molar-refractivity contribution in [3.8, 4) is 5.75 Å². The third-order valence-electron chi connectivity index (χ3n) is 3.00. The summed E-state index contributed by atoms with van der Waals surface area (Å²) in [6.45, 7) is 3.48. The summed E-state index contributed by atoms with van der Waals surface area (Å²) in [6, 6.07) is 5.98. The van der Waals surface area contributed by atoms with E-state index in [1.165, 1.54) is 0 Å². The minimum absolute atomic E-state index is 0.365. The van der Waals surface area contributed by atoms with Gasteiger partial charge in [0.15, 0.2) is 5.58 Å². The molecule has 1 heterocycles. The smallest absolute Gasteiger partial charge is 0.209 e. The Kier molecular flexibility index (Phi) is 4.76. The molecule has 1 atom stereocenters. The third kappa shape index (κ3) is 3.68. The number of aromatic nitrogens is 1. The summed E-state index contributed by atoms with van der Waals surface area (Å²) < 4.78 is 15.9. The molecule has 19 heavy (non-hydrogen) atoms. The van der Waals surface area contributed by atoms with E-state index in [0.717, 1.165) is 29.9 Å². The highest BCUT2D eigenvalue weighted by molar-refractivity contribution is 5.74. The summed E-state index contributed by atoms with van der Waals surface area (Å²) in [5.41, 5.74) is 1.60. The summed E-state index contributed by atoms with van der Waals surface area (Å²) in [5.74, 6) is 1.47. The second kappa shape index (κ2) is 6.54. The van der Waals surface area contributed by atoms with E-state index in [0.29, 0.717) is 18.5 Å². The fourth-order valence-electron chi connectivity index (χ4n) is 1.82. The maximum Gasteiger partial charge on any atom is 0.209 e. The monoisotopic (exact) mass is 264 g/mol. The fraction of sp³-hybridized carbons (Fsp3) is 0.500. The Morgan fingerprint density at radius 2 is 2.21 bits per heavy atom. The standard InChI is InChI=1S/C14H20N2O3/c1-10(6-7-17-2)15-9-14-16-12-8-11(18-3)4-5-13(12)19-14/h4-5,8,10,15H,6-7,9H2,1-3H3/t10-/m0/s1. The van der Waals surface area contributed by atoms with Crippen molar-refractivity contribution in [3.63, 3.8) is 0 Å². The van der Waals surface area contributed by atoms with Crippen molar-refractivity contribution in [3.05, 3.63) is 24.1 Å². The van der Waals surface area contributed by atoms with E-state index in [1.807, 2.05) is 18.2 Å². The van der Waals surface area contributed by atoms with Gasteiger partial charge in [-0.2, -0.15) is 0 Å². The molecule has 0 unspecified atom stereocenters. The zero-order valence-corrected chi connectivity index (χ0v) is 11.6. The normalized spacial score (nSPS) is 12.8. The third-order valence-corrected chi connectivity index (χ3v) is 3.00. The van der Waals surface area contributed by atoms with Crippen molar-refractivity contribution in [1.29, 1.82) is 0 Å². The molecule has 0 aliphatic carbocycles. The molecule has 0 aliphatic heterocycles. The molecule has 5 heteroatoms. The molecular formula is C14H20N2O3. The van der Waals surface area contributed by atoms with Crippen LogP contribution in [0.1, 0.15) is 19.2 Å². The largest absolute Gasteiger partial charge is 0.497 e. The lowest BCUT2D eigenvalue weighted by atomic mass is 10.2. The van der Waals surface area contributed by atoms with Gasteiger partial charge in [0.25, 0.3) is 0 Å². The van der Waals surface area contributed by atoms with Crippen molar-refractivity contribution in [2.75, 3.05) is 20.8 Å². The van der Waals surface area contributed by atoms with Gasteiger partial charge in [0.05, 0.1) is 13.7 Å². The number of rotatable bonds is 7. The average Bonchev–Trinajstić information content (AvgIpc) is 2.84. The number of benzene rings is 1. The molecule has 104 valence electrons. The highest BCUT2D eigenvalue weighted by Crippen LogP contribution is 2.21. The van der Waals surface area contributed by atoms with E-state index in [9.17, 15) is 0 Å². The summed E-state index contributed by atoms with van der Waals surface area (Å²) in [7, 11) is 3.35. The first-order chi connectivity index (χ1) is 9.22. The average molecular weight is 264 g/mol. The van der Waals surface area contributed by atoms with Crippen LogP contribution in [0.2, 0.25) is 0 Å². The van der Waals surface area contributed by atoms with E-state index in [2.05, 4.69) is 17.2 Å². The van der Waals surface area contributed by atoms with Gasteiger partial charge >= 0.3 is 0 Å². The van der Waals surface area contributed by atoms with Crippen molar-refractivity contribution in [1.82, 2.24) is 10.3 Å². The predicted molar refractivity (Wildman–Crippen MR) is 73.4 cm³/mol. The number of ether oxygens (including phenoxy) is 2. The van der Waals surface area contributed by atoms with Crippen LogP contribution in [0.25, 0.3) is 11.1 Å². The Bertz CT molecular complexity index is 524. The number of nitrogens with one attached hydrogen (secondary N) is 1. The first kappa shape index (κ1) is 13.8. The topological polar surface area (TPSA) is 56.5 Å². The lowest BCUT2D eigenvalue weighted by Crippen LogP contribution is -2.26. The maximum atomic E-state index is 5.66. The van der Waals surface area contributed by atoms with Crippen LogP contribution < -0.4 is 10.1 Å². The molecular weight excluding hydrogens is 244 g/mol. The summed E-state index contributed by atoms with van der Waals surface area (Å²) in [4.78, 5) is 4.43. The van der Waals surface area contributed by atoms with E-state index < -0.39 is 0 Å². The van der Waals surface area contributed by atoms with Gasteiger partial charge in [-0.3, -0.25) is 0 Å². The number of oxazole rings is 1.